The van der Waals surface area contributed by atoms with Crippen molar-refractivity contribution in [3.05, 3.63) is 17.7 Å². The van der Waals surface area contributed by atoms with Crippen LogP contribution in [0.1, 0.15) is 45.6 Å². The van der Waals surface area contributed by atoms with Crippen LogP contribution in [0.4, 0.5) is 10.5 Å². The zero-order valence-electron chi connectivity index (χ0n) is 15.8. The van der Waals surface area contributed by atoms with E-state index in [4.69, 9.17) is 15.2 Å². The number of fused-ring (bicyclic) bond motifs is 1. The van der Waals surface area contributed by atoms with Gasteiger partial charge in [-0.15, -0.1) is 5.10 Å². The Kier molecular flexibility index (Phi) is 5.04. The van der Waals surface area contributed by atoms with Crippen LogP contribution in [0.5, 0.6) is 0 Å². The van der Waals surface area contributed by atoms with Crippen molar-refractivity contribution in [1.29, 1.82) is 0 Å². The van der Waals surface area contributed by atoms with Crippen LogP contribution in [0.3, 0.4) is 0 Å². The van der Waals surface area contributed by atoms with Gasteiger partial charge in [0.05, 0.1) is 30.0 Å². The van der Waals surface area contributed by atoms with Crippen LogP contribution in [0, 0.1) is 0 Å². The highest BCUT2D eigenvalue weighted by Crippen LogP contribution is 2.26. The van der Waals surface area contributed by atoms with Gasteiger partial charge in [0.2, 0.25) is 0 Å². The Balaban J connectivity index is 1.61. The van der Waals surface area contributed by atoms with E-state index in [1.807, 2.05) is 40.0 Å². The van der Waals surface area contributed by atoms with Gasteiger partial charge in [-0.25, -0.2) is 9.48 Å². The normalized spacial score (nSPS) is 20.5. The first-order valence-electron chi connectivity index (χ1n) is 8.92. The molecule has 1 heterocycles. The first kappa shape index (κ1) is 18.4. The molecule has 0 unspecified atom stereocenters. The minimum Gasteiger partial charge on any atom is -0.444 e. The number of nitrogen functional groups attached to an aromatic ring is 1. The summed E-state index contributed by atoms with van der Waals surface area (Å²) in [6, 6.07) is 3.81. The highest BCUT2D eigenvalue weighted by molar-refractivity contribution is 5.87. The van der Waals surface area contributed by atoms with Gasteiger partial charge in [-0.05, 0) is 57.7 Å². The maximum absolute atomic E-state index is 12.0. The molecule has 1 aromatic heterocycles. The molecule has 8 heteroatoms. The Labute approximate surface area is 153 Å². The summed E-state index contributed by atoms with van der Waals surface area (Å²) in [4.78, 5) is 12.0. The average Bonchev–Trinajstić information content (AvgIpc) is 3.11. The minimum atomic E-state index is -0.511. The maximum Gasteiger partial charge on any atom is 0.407 e. The molecule has 0 radical (unpaired) electrons. The van der Waals surface area contributed by atoms with E-state index < -0.39 is 11.7 Å². The fourth-order valence-corrected chi connectivity index (χ4v) is 3.25. The number of rotatable bonds is 4. The van der Waals surface area contributed by atoms with Gasteiger partial charge in [-0.1, -0.05) is 5.21 Å². The van der Waals surface area contributed by atoms with Gasteiger partial charge in [0.1, 0.15) is 11.1 Å². The van der Waals surface area contributed by atoms with Crippen LogP contribution in [0.25, 0.3) is 11.0 Å². The van der Waals surface area contributed by atoms with Gasteiger partial charge in [-0.3, -0.25) is 0 Å². The third kappa shape index (κ3) is 4.24. The number of hydrogen-bond donors (Lipinski definition) is 2. The molecule has 2 atom stereocenters. The summed E-state index contributed by atoms with van der Waals surface area (Å²) in [7, 11) is 1.83. The number of nitrogens with two attached hydrogens (primary N) is 1. The summed E-state index contributed by atoms with van der Waals surface area (Å²) < 4.78 is 13.1. The summed E-state index contributed by atoms with van der Waals surface area (Å²) in [5.41, 5.74) is 8.67. The molecular weight excluding hydrogens is 334 g/mol. The van der Waals surface area contributed by atoms with Crippen molar-refractivity contribution in [2.75, 3.05) is 5.73 Å². The van der Waals surface area contributed by atoms with Gasteiger partial charge in [-0.2, -0.15) is 0 Å². The van der Waals surface area contributed by atoms with Gasteiger partial charge in [0.25, 0.3) is 0 Å². The van der Waals surface area contributed by atoms with E-state index in [2.05, 4.69) is 15.6 Å². The highest BCUT2D eigenvalue weighted by Gasteiger charge is 2.31. The van der Waals surface area contributed by atoms with Gasteiger partial charge in [0.15, 0.2) is 0 Å². The van der Waals surface area contributed by atoms with E-state index in [0.717, 1.165) is 30.3 Å². The topological polar surface area (TPSA) is 104 Å². The quantitative estimate of drug-likeness (QED) is 0.811. The number of amides is 1. The SMILES string of the molecule is Cn1nnc2c(N)cc(CO[C@@H]3CCC[C@H]3NC(=O)OC(C)(C)C)cc21. The minimum absolute atomic E-state index is 0.0377. The zero-order chi connectivity index (χ0) is 18.9. The predicted octanol–water partition coefficient (Wildman–Crippen LogP) is 2.51. The molecule has 1 aliphatic rings. The second-order valence-electron chi connectivity index (χ2n) is 7.80. The molecule has 1 aromatic carbocycles. The third-order valence-corrected chi connectivity index (χ3v) is 4.43. The number of nitrogens with one attached hydrogen (secondary N) is 1. The first-order chi connectivity index (χ1) is 12.2. The van der Waals surface area contributed by atoms with Crippen molar-refractivity contribution >= 4 is 22.8 Å². The van der Waals surface area contributed by atoms with E-state index in [-0.39, 0.29) is 12.1 Å². The third-order valence-electron chi connectivity index (χ3n) is 4.43. The van der Waals surface area contributed by atoms with Crippen molar-refractivity contribution in [2.24, 2.45) is 7.05 Å². The Bertz CT molecular complexity index is 796. The van der Waals surface area contributed by atoms with Gasteiger partial charge < -0.3 is 20.5 Å². The summed E-state index contributed by atoms with van der Waals surface area (Å²) in [6.45, 7) is 5.97. The standard InChI is InChI=1S/C18H27N5O3/c1-18(2,3)26-17(24)20-13-6-5-7-15(13)25-10-11-8-12(19)16-14(9-11)23(4)22-21-16/h8-9,13,15H,5-7,10,19H2,1-4H3,(H,20,24)/t13-,15-/m1/s1. The lowest BCUT2D eigenvalue weighted by molar-refractivity contribution is 0.0166. The van der Waals surface area contributed by atoms with Crippen LogP contribution < -0.4 is 11.1 Å². The number of nitrogens with zero attached hydrogens (tertiary/aromatic N) is 3. The molecule has 3 N–H and O–H groups in total. The molecular formula is C18H27N5O3. The van der Waals surface area contributed by atoms with Crippen molar-refractivity contribution in [3.8, 4) is 0 Å². The summed E-state index contributed by atoms with van der Waals surface area (Å²) >= 11 is 0. The number of carbonyl (C=O) groups excluding carboxylic acids is 1. The van der Waals surface area contributed by atoms with E-state index in [1.165, 1.54) is 0 Å². The molecule has 3 rings (SSSR count). The van der Waals surface area contributed by atoms with Gasteiger partial charge in [0, 0.05) is 7.05 Å². The molecule has 26 heavy (non-hydrogen) atoms. The Hall–Kier alpha value is -2.35. The lowest BCUT2D eigenvalue weighted by atomic mass is 10.1. The molecule has 2 aromatic rings. The second-order valence-corrected chi connectivity index (χ2v) is 7.80. The number of anilines is 1. The predicted molar refractivity (Wildman–Crippen MR) is 98.5 cm³/mol. The number of hydrogen-bond acceptors (Lipinski definition) is 6. The smallest absolute Gasteiger partial charge is 0.407 e. The lowest BCUT2D eigenvalue weighted by Gasteiger charge is -2.25. The van der Waals surface area contributed by atoms with E-state index in [9.17, 15) is 4.79 Å². The fourth-order valence-electron chi connectivity index (χ4n) is 3.25. The molecule has 0 bridgehead atoms. The largest absolute Gasteiger partial charge is 0.444 e. The summed E-state index contributed by atoms with van der Waals surface area (Å²) in [5, 5.41) is 11.0. The number of carbonyl (C=O) groups is 1. The molecule has 0 aliphatic heterocycles. The average molecular weight is 361 g/mol. The highest BCUT2D eigenvalue weighted by atomic mass is 16.6. The summed E-state index contributed by atoms with van der Waals surface area (Å²) in [6.07, 6.45) is 2.37. The zero-order valence-corrected chi connectivity index (χ0v) is 15.8. The number of alkyl carbamates (subject to hydrolysis) is 1. The first-order valence-corrected chi connectivity index (χ1v) is 8.92. The van der Waals surface area contributed by atoms with Crippen molar-refractivity contribution in [3.63, 3.8) is 0 Å². The monoisotopic (exact) mass is 361 g/mol. The Morgan fingerprint density at radius 2 is 2.15 bits per heavy atom. The molecule has 0 spiro atoms. The van der Waals surface area contributed by atoms with Crippen LogP contribution in [-0.2, 0) is 23.1 Å². The van der Waals surface area contributed by atoms with E-state index in [0.29, 0.717) is 17.8 Å². The van der Waals surface area contributed by atoms with Crippen LogP contribution in [0.2, 0.25) is 0 Å². The van der Waals surface area contributed by atoms with Crippen LogP contribution in [0.15, 0.2) is 12.1 Å². The molecule has 1 amide bonds. The van der Waals surface area contributed by atoms with Crippen molar-refractivity contribution < 1.29 is 14.3 Å². The fraction of sp³-hybridized carbons (Fsp3) is 0.611. The van der Waals surface area contributed by atoms with Crippen molar-refractivity contribution in [1.82, 2.24) is 20.3 Å². The second kappa shape index (κ2) is 7.11. The van der Waals surface area contributed by atoms with Gasteiger partial charge >= 0.3 is 6.09 Å². The number of benzene rings is 1. The number of aryl methyl sites for hydroxylation is 1. The molecule has 8 nitrogen and oxygen atoms in total. The number of ether oxygens (including phenoxy) is 2. The van der Waals surface area contributed by atoms with Crippen LogP contribution >= 0.6 is 0 Å². The van der Waals surface area contributed by atoms with Crippen molar-refractivity contribution in [2.45, 2.75) is 64.4 Å². The Morgan fingerprint density at radius 1 is 1.38 bits per heavy atom. The summed E-state index contributed by atoms with van der Waals surface area (Å²) in [5.74, 6) is 0. The molecule has 0 saturated heterocycles. The maximum atomic E-state index is 12.0. The Morgan fingerprint density at radius 3 is 2.88 bits per heavy atom. The molecule has 1 saturated carbocycles. The molecule has 1 fully saturated rings. The molecule has 142 valence electrons. The lowest BCUT2D eigenvalue weighted by Crippen LogP contribution is -2.43. The molecule has 1 aliphatic carbocycles. The number of aromatic nitrogens is 3. The van der Waals surface area contributed by atoms with E-state index in [1.54, 1.807) is 4.68 Å². The van der Waals surface area contributed by atoms with Crippen LogP contribution in [-0.4, -0.2) is 38.8 Å². The van der Waals surface area contributed by atoms with E-state index >= 15 is 0 Å².